The monoisotopic (exact) mass is 287 g/mol. The molecule has 2 rings (SSSR count). The van der Waals surface area contributed by atoms with Crippen LogP contribution in [0, 0.1) is 0 Å². The Balaban J connectivity index is 2.37. The van der Waals surface area contributed by atoms with Gasteiger partial charge in [0.1, 0.15) is 5.75 Å². The molecule has 0 spiro atoms. The number of hydrogen-bond acceptors (Lipinski definition) is 3. The van der Waals surface area contributed by atoms with E-state index in [-0.39, 0.29) is 13.2 Å². The summed E-state index contributed by atoms with van der Waals surface area (Å²) in [6, 6.07) is 13.1. The molecule has 0 aliphatic carbocycles. The predicted molar refractivity (Wildman–Crippen MR) is 79.2 cm³/mol. The van der Waals surface area contributed by atoms with Crippen molar-refractivity contribution in [3.63, 3.8) is 0 Å². The van der Waals surface area contributed by atoms with Crippen molar-refractivity contribution >= 4 is 6.09 Å². The Labute approximate surface area is 122 Å². The van der Waals surface area contributed by atoms with E-state index < -0.39 is 6.09 Å². The van der Waals surface area contributed by atoms with Crippen molar-refractivity contribution in [3.8, 4) is 16.9 Å². The molecule has 5 nitrogen and oxygen atoms in total. The molecule has 0 aromatic heterocycles. The molecule has 0 radical (unpaired) electrons. The Bertz CT molecular complexity index is 640. The Morgan fingerprint density at radius 3 is 2.57 bits per heavy atom. The van der Waals surface area contributed by atoms with Crippen molar-refractivity contribution in [2.24, 2.45) is 0 Å². The van der Waals surface area contributed by atoms with Crippen LogP contribution in [0.25, 0.3) is 11.1 Å². The highest BCUT2D eigenvalue weighted by Gasteiger charge is 2.06. The number of aliphatic hydroxyl groups is 1. The van der Waals surface area contributed by atoms with Gasteiger partial charge in [-0.25, -0.2) is 4.79 Å². The molecule has 0 bridgehead atoms. The van der Waals surface area contributed by atoms with Gasteiger partial charge in [0.15, 0.2) is 0 Å². The van der Waals surface area contributed by atoms with E-state index in [4.69, 9.17) is 9.84 Å². The minimum Gasteiger partial charge on any atom is -0.497 e. The largest absolute Gasteiger partial charge is 0.497 e. The maximum atomic E-state index is 10.6. The summed E-state index contributed by atoms with van der Waals surface area (Å²) in [5.41, 5.74) is 3.48. The van der Waals surface area contributed by atoms with Gasteiger partial charge >= 0.3 is 6.09 Å². The van der Waals surface area contributed by atoms with E-state index in [1.807, 2.05) is 36.4 Å². The molecule has 2 aromatic carbocycles. The van der Waals surface area contributed by atoms with E-state index in [2.05, 4.69) is 5.32 Å². The van der Waals surface area contributed by atoms with Gasteiger partial charge in [-0.1, -0.05) is 18.2 Å². The fraction of sp³-hybridized carbons (Fsp3) is 0.188. The van der Waals surface area contributed by atoms with Crippen LogP contribution in [0.5, 0.6) is 5.75 Å². The van der Waals surface area contributed by atoms with E-state index in [1.165, 1.54) is 0 Å². The average Bonchev–Trinajstić information content (AvgIpc) is 2.52. The molecular formula is C16H17NO4. The highest BCUT2D eigenvalue weighted by Crippen LogP contribution is 2.27. The maximum absolute atomic E-state index is 10.6. The highest BCUT2D eigenvalue weighted by atomic mass is 16.5. The number of carboxylic acid groups (broad SMARTS) is 1. The average molecular weight is 287 g/mol. The van der Waals surface area contributed by atoms with Gasteiger partial charge in [0.05, 0.1) is 13.7 Å². The normalized spacial score (nSPS) is 10.2. The second kappa shape index (κ2) is 6.76. The SMILES string of the molecule is COc1cc(CNC(=O)O)cc(-c2cccc(CO)c2)c1. The molecule has 0 unspecified atom stereocenters. The lowest BCUT2D eigenvalue weighted by Crippen LogP contribution is -2.19. The molecule has 0 saturated heterocycles. The summed E-state index contributed by atoms with van der Waals surface area (Å²) in [7, 11) is 1.57. The summed E-state index contributed by atoms with van der Waals surface area (Å²) in [5.74, 6) is 0.657. The molecule has 0 fully saturated rings. The zero-order chi connectivity index (χ0) is 15.2. The molecule has 0 saturated carbocycles. The molecule has 0 aliphatic rings. The first-order valence-electron chi connectivity index (χ1n) is 6.47. The third kappa shape index (κ3) is 3.97. The fourth-order valence-corrected chi connectivity index (χ4v) is 2.07. The van der Waals surface area contributed by atoms with Gasteiger partial charge in [0.25, 0.3) is 0 Å². The van der Waals surface area contributed by atoms with Gasteiger partial charge in [-0.2, -0.15) is 0 Å². The molecule has 21 heavy (non-hydrogen) atoms. The summed E-state index contributed by atoms with van der Waals surface area (Å²) < 4.78 is 5.26. The molecule has 3 N–H and O–H groups in total. The molecule has 2 aromatic rings. The smallest absolute Gasteiger partial charge is 0.404 e. The third-order valence-corrected chi connectivity index (χ3v) is 3.09. The Morgan fingerprint density at radius 1 is 1.14 bits per heavy atom. The first-order valence-corrected chi connectivity index (χ1v) is 6.47. The lowest BCUT2D eigenvalue weighted by molar-refractivity contribution is 0.194. The summed E-state index contributed by atoms with van der Waals surface area (Å²) in [4.78, 5) is 10.6. The summed E-state index contributed by atoms with van der Waals surface area (Å²) in [6.07, 6.45) is -1.07. The Hall–Kier alpha value is -2.53. The van der Waals surface area contributed by atoms with Gasteiger partial charge < -0.3 is 20.3 Å². The fourth-order valence-electron chi connectivity index (χ4n) is 2.07. The molecule has 5 heteroatoms. The zero-order valence-electron chi connectivity index (χ0n) is 11.7. The van der Waals surface area contributed by atoms with Crippen molar-refractivity contribution in [2.45, 2.75) is 13.2 Å². The van der Waals surface area contributed by atoms with Crippen LogP contribution in [-0.2, 0) is 13.2 Å². The minimum absolute atomic E-state index is 0.0226. The van der Waals surface area contributed by atoms with E-state index in [0.717, 1.165) is 22.3 Å². The summed E-state index contributed by atoms with van der Waals surface area (Å²) in [5, 5.41) is 20.2. The summed E-state index contributed by atoms with van der Waals surface area (Å²) in [6.45, 7) is 0.185. The maximum Gasteiger partial charge on any atom is 0.404 e. The number of methoxy groups -OCH3 is 1. The van der Waals surface area contributed by atoms with Crippen molar-refractivity contribution < 1.29 is 19.7 Å². The highest BCUT2D eigenvalue weighted by molar-refractivity contribution is 5.68. The second-order valence-corrected chi connectivity index (χ2v) is 4.59. The van der Waals surface area contributed by atoms with Crippen LogP contribution in [0.3, 0.4) is 0 Å². The zero-order valence-corrected chi connectivity index (χ0v) is 11.7. The number of amides is 1. The lowest BCUT2D eigenvalue weighted by Gasteiger charge is -2.10. The number of aliphatic hydroxyl groups excluding tert-OH is 1. The number of benzene rings is 2. The van der Waals surface area contributed by atoms with E-state index >= 15 is 0 Å². The number of nitrogens with one attached hydrogen (secondary N) is 1. The third-order valence-electron chi connectivity index (χ3n) is 3.09. The summed E-state index contributed by atoms with van der Waals surface area (Å²) >= 11 is 0. The van der Waals surface area contributed by atoms with Crippen LogP contribution in [0.2, 0.25) is 0 Å². The number of carbonyl (C=O) groups is 1. The van der Waals surface area contributed by atoms with Crippen LogP contribution >= 0.6 is 0 Å². The minimum atomic E-state index is -1.07. The number of hydrogen-bond donors (Lipinski definition) is 3. The van der Waals surface area contributed by atoms with Crippen molar-refractivity contribution in [1.29, 1.82) is 0 Å². The Morgan fingerprint density at radius 2 is 1.90 bits per heavy atom. The van der Waals surface area contributed by atoms with Gasteiger partial charge in [-0.05, 0) is 46.5 Å². The van der Waals surface area contributed by atoms with Crippen molar-refractivity contribution in [2.75, 3.05) is 7.11 Å². The van der Waals surface area contributed by atoms with E-state index in [9.17, 15) is 9.90 Å². The quantitative estimate of drug-likeness (QED) is 0.790. The molecule has 0 heterocycles. The molecule has 0 atom stereocenters. The van der Waals surface area contributed by atoms with Gasteiger partial charge in [0.2, 0.25) is 0 Å². The van der Waals surface area contributed by atoms with Gasteiger partial charge in [-0.15, -0.1) is 0 Å². The molecular weight excluding hydrogens is 270 g/mol. The van der Waals surface area contributed by atoms with Gasteiger partial charge in [0, 0.05) is 6.54 Å². The van der Waals surface area contributed by atoms with Crippen molar-refractivity contribution in [1.82, 2.24) is 5.32 Å². The van der Waals surface area contributed by atoms with Crippen LogP contribution in [0.4, 0.5) is 4.79 Å². The van der Waals surface area contributed by atoms with Crippen LogP contribution < -0.4 is 10.1 Å². The van der Waals surface area contributed by atoms with E-state index in [0.29, 0.717) is 5.75 Å². The van der Waals surface area contributed by atoms with Gasteiger partial charge in [-0.3, -0.25) is 0 Å². The second-order valence-electron chi connectivity index (χ2n) is 4.59. The molecule has 1 amide bonds. The first kappa shape index (κ1) is 14.9. The Kier molecular flexibility index (Phi) is 4.79. The molecule has 110 valence electrons. The first-order chi connectivity index (χ1) is 10.1. The number of ether oxygens (including phenoxy) is 1. The van der Waals surface area contributed by atoms with Crippen LogP contribution in [0.15, 0.2) is 42.5 Å². The lowest BCUT2D eigenvalue weighted by atomic mass is 10.0. The predicted octanol–water partition coefficient (Wildman–Crippen LogP) is 2.62. The van der Waals surface area contributed by atoms with Crippen LogP contribution in [0.1, 0.15) is 11.1 Å². The van der Waals surface area contributed by atoms with Crippen molar-refractivity contribution in [3.05, 3.63) is 53.6 Å². The molecule has 0 aliphatic heterocycles. The van der Waals surface area contributed by atoms with Crippen LogP contribution in [-0.4, -0.2) is 23.4 Å². The topological polar surface area (TPSA) is 78.8 Å². The number of rotatable bonds is 5. The van der Waals surface area contributed by atoms with E-state index in [1.54, 1.807) is 13.2 Å². The standard InChI is InChI=1S/C16H17NO4/c1-21-15-7-12(9-17-16(19)20)6-14(8-15)13-4-2-3-11(5-13)10-18/h2-8,17-18H,9-10H2,1H3,(H,19,20).